The molecule has 0 aliphatic heterocycles. The van der Waals surface area contributed by atoms with Gasteiger partial charge in [0.2, 0.25) is 0 Å². The average Bonchev–Trinajstić information content (AvgIpc) is 3.06. The summed E-state index contributed by atoms with van der Waals surface area (Å²) >= 11 is 0. The van der Waals surface area contributed by atoms with Crippen LogP contribution in [0.5, 0.6) is 11.5 Å². The van der Waals surface area contributed by atoms with Gasteiger partial charge in [-0.3, -0.25) is 0 Å². The fraction of sp³-hybridized carbons (Fsp3) is 0.125. The third kappa shape index (κ3) is 3.82. The van der Waals surface area contributed by atoms with E-state index in [4.69, 9.17) is 9.47 Å². The smallest absolute Gasteiger partial charge is 0.182 e. The fourth-order valence-corrected chi connectivity index (χ4v) is 1.82. The average molecular weight is 281 g/mol. The van der Waals surface area contributed by atoms with Crippen molar-refractivity contribution in [1.29, 1.82) is 0 Å². The van der Waals surface area contributed by atoms with Crippen molar-refractivity contribution in [2.75, 3.05) is 0 Å². The van der Waals surface area contributed by atoms with Crippen molar-refractivity contribution in [3.63, 3.8) is 0 Å². The van der Waals surface area contributed by atoms with E-state index in [2.05, 4.69) is 10.3 Å². The molecule has 0 unspecified atom stereocenters. The number of hydrogen-bond acceptors (Lipinski definition) is 4. The van der Waals surface area contributed by atoms with Crippen LogP contribution in [-0.2, 0) is 13.3 Å². The Morgan fingerprint density at radius 1 is 0.857 bits per heavy atom. The number of nitrogens with zero attached hydrogens (tertiary/aromatic N) is 3. The van der Waals surface area contributed by atoms with Crippen molar-refractivity contribution in [2.24, 2.45) is 0 Å². The van der Waals surface area contributed by atoms with Gasteiger partial charge in [-0.15, -0.1) is 5.10 Å². The van der Waals surface area contributed by atoms with E-state index in [-0.39, 0.29) is 0 Å². The molecule has 3 rings (SSSR count). The largest absolute Gasteiger partial charge is 0.489 e. The van der Waals surface area contributed by atoms with Crippen molar-refractivity contribution >= 4 is 0 Å². The number of ether oxygens (including phenoxy) is 2. The molecule has 2 aromatic carbocycles. The molecule has 1 aromatic heterocycles. The van der Waals surface area contributed by atoms with Gasteiger partial charge in [0.25, 0.3) is 0 Å². The third-order valence-electron chi connectivity index (χ3n) is 2.91. The summed E-state index contributed by atoms with van der Waals surface area (Å²) in [6.45, 7) is 0.893. The molecule has 0 amide bonds. The van der Waals surface area contributed by atoms with E-state index in [1.165, 1.54) is 0 Å². The predicted octanol–water partition coefficient (Wildman–Crippen LogP) is 2.89. The lowest BCUT2D eigenvalue weighted by Gasteiger charge is -2.08. The van der Waals surface area contributed by atoms with E-state index in [0.717, 1.165) is 17.1 Å². The van der Waals surface area contributed by atoms with Crippen LogP contribution < -0.4 is 9.47 Å². The van der Waals surface area contributed by atoms with Crippen LogP contribution >= 0.6 is 0 Å². The maximum atomic E-state index is 5.71. The van der Waals surface area contributed by atoms with E-state index in [0.29, 0.717) is 13.3 Å². The van der Waals surface area contributed by atoms with Crippen LogP contribution in [0.2, 0.25) is 0 Å². The minimum Gasteiger partial charge on any atom is -0.489 e. The Balaban J connectivity index is 1.52. The molecule has 0 aliphatic carbocycles. The van der Waals surface area contributed by atoms with Crippen molar-refractivity contribution < 1.29 is 9.47 Å². The second-order valence-electron chi connectivity index (χ2n) is 4.46. The van der Waals surface area contributed by atoms with Crippen LogP contribution in [0.25, 0.3) is 0 Å². The monoisotopic (exact) mass is 281 g/mol. The van der Waals surface area contributed by atoms with Crippen LogP contribution in [0.4, 0.5) is 0 Å². The minimum atomic E-state index is 0.338. The van der Waals surface area contributed by atoms with E-state index in [1.807, 2.05) is 54.6 Å². The predicted molar refractivity (Wildman–Crippen MR) is 77.9 cm³/mol. The number of hydrogen-bond donors (Lipinski definition) is 0. The second-order valence-corrected chi connectivity index (χ2v) is 4.46. The number of rotatable bonds is 6. The minimum absolute atomic E-state index is 0.338. The van der Waals surface area contributed by atoms with Gasteiger partial charge in [-0.1, -0.05) is 35.5 Å². The summed E-state index contributed by atoms with van der Waals surface area (Å²) in [5.74, 6) is 1.57. The summed E-state index contributed by atoms with van der Waals surface area (Å²) in [6, 6.07) is 17.6. The summed E-state index contributed by atoms with van der Waals surface area (Å²) in [6.07, 6.45) is 3.36. The summed E-state index contributed by atoms with van der Waals surface area (Å²) in [5.41, 5.74) is 1.14. The zero-order valence-electron chi connectivity index (χ0n) is 11.4. The topological polar surface area (TPSA) is 49.2 Å². The van der Waals surface area contributed by atoms with E-state index in [9.17, 15) is 0 Å². The molecule has 0 atom stereocenters. The normalized spacial score (nSPS) is 10.3. The first kappa shape index (κ1) is 13.2. The summed E-state index contributed by atoms with van der Waals surface area (Å²) < 4.78 is 12.9. The van der Waals surface area contributed by atoms with Gasteiger partial charge in [-0.2, -0.15) is 0 Å². The molecule has 0 N–H and O–H groups in total. The standard InChI is InChI=1S/C16H15N3O2/c1-2-4-14(5-3-1)12-20-15-6-8-16(9-7-15)21-13-19-11-10-17-18-19/h1-11H,12-13H2. The first-order valence-corrected chi connectivity index (χ1v) is 6.64. The number of aromatic nitrogens is 3. The lowest BCUT2D eigenvalue weighted by molar-refractivity contribution is 0.217. The molecule has 106 valence electrons. The van der Waals surface area contributed by atoms with Gasteiger partial charge in [0.15, 0.2) is 6.73 Å². The first-order chi connectivity index (χ1) is 10.4. The molecule has 1 heterocycles. The molecule has 21 heavy (non-hydrogen) atoms. The fourth-order valence-electron chi connectivity index (χ4n) is 1.82. The Bertz CT molecular complexity index is 652. The maximum absolute atomic E-state index is 5.71. The molecule has 0 aliphatic rings. The molecule has 3 aromatic rings. The van der Waals surface area contributed by atoms with E-state index < -0.39 is 0 Å². The zero-order chi connectivity index (χ0) is 14.3. The van der Waals surface area contributed by atoms with Crippen molar-refractivity contribution in [3.8, 4) is 11.5 Å². The van der Waals surface area contributed by atoms with Crippen LogP contribution in [0.3, 0.4) is 0 Å². The second kappa shape index (κ2) is 6.56. The van der Waals surface area contributed by atoms with Gasteiger partial charge >= 0.3 is 0 Å². The highest BCUT2D eigenvalue weighted by atomic mass is 16.5. The quantitative estimate of drug-likeness (QED) is 0.697. The molecule has 0 spiro atoms. The van der Waals surface area contributed by atoms with Crippen LogP contribution in [0.1, 0.15) is 5.56 Å². The lowest BCUT2D eigenvalue weighted by atomic mass is 10.2. The SMILES string of the molecule is c1ccc(COc2ccc(OCn3ccnn3)cc2)cc1. The highest BCUT2D eigenvalue weighted by Crippen LogP contribution is 2.18. The van der Waals surface area contributed by atoms with Gasteiger partial charge in [-0.25, -0.2) is 4.68 Å². The highest BCUT2D eigenvalue weighted by molar-refractivity contribution is 5.31. The van der Waals surface area contributed by atoms with Gasteiger partial charge in [0.1, 0.15) is 18.1 Å². The number of benzene rings is 2. The Morgan fingerprint density at radius 3 is 2.24 bits per heavy atom. The highest BCUT2D eigenvalue weighted by Gasteiger charge is 1.98. The molecular formula is C16H15N3O2. The van der Waals surface area contributed by atoms with Gasteiger partial charge < -0.3 is 9.47 Å². The van der Waals surface area contributed by atoms with Gasteiger partial charge in [0, 0.05) is 6.20 Å². The van der Waals surface area contributed by atoms with Crippen molar-refractivity contribution in [3.05, 3.63) is 72.6 Å². The van der Waals surface area contributed by atoms with Crippen molar-refractivity contribution in [2.45, 2.75) is 13.3 Å². The Hall–Kier alpha value is -2.82. The van der Waals surface area contributed by atoms with Crippen molar-refractivity contribution in [1.82, 2.24) is 15.0 Å². The molecule has 0 saturated carbocycles. The summed E-state index contributed by atoms with van der Waals surface area (Å²) in [4.78, 5) is 0. The Morgan fingerprint density at radius 2 is 1.57 bits per heavy atom. The van der Waals surface area contributed by atoms with E-state index in [1.54, 1.807) is 17.1 Å². The lowest BCUT2D eigenvalue weighted by Crippen LogP contribution is -2.05. The molecule has 0 saturated heterocycles. The zero-order valence-corrected chi connectivity index (χ0v) is 11.4. The Kier molecular flexibility index (Phi) is 4.12. The molecular weight excluding hydrogens is 266 g/mol. The van der Waals surface area contributed by atoms with Crippen LogP contribution in [0, 0.1) is 0 Å². The molecule has 0 fully saturated rings. The van der Waals surface area contributed by atoms with Crippen LogP contribution in [0.15, 0.2) is 67.0 Å². The van der Waals surface area contributed by atoms with Gasteiger partial charge in [-0.05, 0) is 29.8 Å². The van der Waals surface area contributed by atoms with E-state index >= 15 is 0 Å². The molecule has 5 nitrogen and oxygen atoms in total. The molecule has 5 heteroatoms. The summed E-state index contributed by atoms with van der Waals surface area (Å²) in [7, 11) is 0. The molecule has 0 bridgehead atoms. The van der Waals surface area contributed by atoms with Gasteiger partial charge in [0.05, 0.1) is 6.20 Å². The summed E-state index contributed by atoms with van der Waals surface area (Å²) in [5, 5.41) is 7.54. The van der Waals surface area contributed by atoms with Crippen LogP contribution in [-0.4, -0.2) is 15.0 Å². The molecule has 0 radical (unpaired) electrons. The Labute approximate surface area is 122 Å². The first-order valence-electron chi connectivity index (χ1n) is 6.64. The maximum Gasteiger partial charge on any atom is 0.182 e. The third-order valence-corrected chi connectivity index (χ3v) is 2.91.